The Morgan fingerprint density at radius 3 is 2.58 bits per heavy atom. The maximum atomic E-state index is 11.2. The van der Waals surface area contributed by atoms with E-state index in [0.29, 0.717) is 46.6 Å². The Kier molecular flexibility index (Phi) is 6.84. The molecular formula is C26H26ClN3O3. The van der Waals surface area contributed by atoms with E-state index in [9.17, 15) is 5.11 Å². The number of aromatic nitrogens is 2. The predicted octanol–water partition coefficient (Wildman–Crippen LogP) is 6.30. The first-order chi connectivity index (χ1) is 16.0. The first kappa shape index (κ1) is 22.7. The highest BCUT2D eigenvalue weighted by atomic mass is 35.5. The molecule has 2 aromatic heterocycles. The zero-order valence-corrected chi connectivity index (χ0v) is 19.6. The molecule has 0 spiro atoms. The lowest BCUT2D eigenvalue weighted by Gasteiger charge is -2.24. The van der Waals surface area contributed by atoms with Crippen LogP contribution >= 0.6 is 11.6 Å². The molecule has 170 valence electrons. The van der Waals surface area contributed by atoms with Crippen LogP contribution in [-0.2, 0) is 0 Å². The van der Waals surface area contributed by atoms with Crippen molar-refractivity contribution < 1.29 is 14.6 Å². The minimum atomic E-state index is -0.474. The molecule has 0 aliphatic carbocycles. The molecule has 7 heteroatoms. The molecule has 0 amide bonds. The summed E-state index contributed by atoms with van der Waals surface area (Å²) in [5, 5.41) is 15.9. The number of aryl methyl sites for hydroxylation is 1. The number of hydrogen-bond donors (Lipinski definition) is 2. The zero-order valence-electron chi connectivity index (χ0n) is 18.8. The Labute approximate surface area is 198 Å². The number of benzene rings is 2. The van der Waals surface area contributed by atoms with Crippen LogP contribution in [0.1, 0.15) is 36.6 Å². The summed E-state index contributed by atoms with van der Waals surface area (Å²) in [6.45, 7) is 6.73. The summed E-state index contributed by atoms with van der Waals surface area (Å²) < 4.78 is 11.6. The number of nitrogens with zero attached hydrogens (tertiary/aromatic N) is 2. The molecule has 1 atom stereocenters. The molecule has 0 aliphatic heterocycles. The van der Waals surface area contributed by atoms with Gasteiger partial charge in [-0.2, -0.15) is 0 Å². The Morgan fingerprint density at radius 2 is 1.82 bits per heavy atom. The quantitative estimate of drug-likeness (QED) is 0.319. The number of aromatic hydroxyl groups is 1. The standard InChI is InChI=1S/C26H26ClN3O3/c1-4-32-21-15-18(14-20(27)26(21)33-5-2)23(30-22-13-16(3)10-12-28-22)19-9-8-17-7-6-11-29-24(17)25(19)31/h6-15,23,31H,4-5H2,1-3H3,(H,28,30). The number of rotatable bonds is 8. The second kappa shape index (κ2) is 9.96. The van der Waals surface area contributed by atoms with E-state index in [4.69, 9.17) is 21.1 Å². The maximum absolute atomic E-state index is 11.2. The van der Waals surface area contributed by atoms with Crippen molar-refractivity contribution in [2.45, 2.75) is 26.8 Å². The lowest BCUT2D eigenvalue weighted by Crippen LogP contribution is -2.14. The van der Waals surface area contributed by atoms with E-state index in [1.807, 2.05) is 69.3 Å². The lowest BCUT2D eigenvalue weighted by atomic mass is 9.95. The highest BCUT2D eigenvalue weighted by Gasteiger charge is 2.24. The number of ether oxygens (including phenoxy) is 2. The minimum Gasteiger partial charge on any atom is -0.505 e. The van der Waals surface area contributed by atoms with Gasteiger partial charge in [0.2, 0.25) is 0 Å². The van der Waals surface area contributed by atoms with Gasteiger partial charge in [0.15, 0.2) is 11.5 Å². The van der Waals surface area contributed by atoms with Crippen LogP contribution in [0, 0.1) is 6.92 Å². The Hall–Kier alpha value is -3.51. The average Bonchev–Trinajstić information content (AvgIpc) is 2.80. The highest BCUT2D eigenvalue weighted by molar-refractivity contribution is 6.32. The first-order valence-electron chi connectivity index (χ1n) is 10.9. The van der Waals surface area contributed by atoms with Gasteiger partial charge in [0.1, 0.15) is 17.1 Å². The number of phenols is 1. The van der Waals surface area contributed by atoms with E-state index < -0.39 is 6.04 Å². The second-order valence-electron chi connectivity index (χ2n) is 7.57. The van der Waals surface area contributed by atoms with E-state index in [0.717, 1.165) is 16.5 Å². The fourth-order valence-corrected chi connectivity index (χ4v) is 4.06. The van der Waals surface area contributed by atoms with Crippen LogP contribution in [0.4, 0.5) is 5.82 Å². The molecule has 33 heavy (non-hydrogen) atoms. The van der Waals surface area contributed by atoms with E-state index in [-0.39, 0.29) is 5.75 Å². The summed E-state index contributed by atoms with van der Waals surface area (Å²) in [5.41, 5.74) is 3.03. The van der Waals surface area contributed by atoms with Crippen molar-refractivity contribution in [3.63, 3.8) is 0 Å². The lowest BCUT2D eigenvalue weighted by molar-refractivity contribution is 0.287. The van der Waals surface area contributed by atoms with Crippen LogP contribution in [0.2, 0.25) is 5.02 Å². The number of hydrogen-bond acceptors (Lipinski definition) is 6. The van der Waals surface area contributed by atoms with Gasteiger partial charge in [-0.15, -0.1) is 0 Å². The fourth-order valence-electron chi connectivity index (χ4n) is 3.78. The van der Waals surface area contributed by atoms with Crippen molar-refractivity contribution in [2.75, 3.05) is 18.5 Å². The number of nitrogens with one attached hydrogen (secondary N) is 1. The van der Waals surface area contributed by atoms with Crippen molar-refractivity contribution in [1.29, 1.82) is 0 Å². The van der Waals surface area contributed by atoms with Crippen LogP contribution in [0.25, 0.3) is 10.9 Å². The third-order valence-corrected chi connectivity index (χ3v) is 5.53. The first-order valence-corrected chi connectivity index (χ1v) is 11.2. The number of halogens is 1. The van der Waals surface area contributed by atoms with Gasteiger partial charge in [-0.05, 0) is 62.2 Å². The van der Waals surface area contributed by atoms with Gasteiger partial charge < -0.3 is 19.9 Å². The summed E-state index contributed by atoms with van der Waals surface area (Å²) in [5.74, 6) is 1.82. The van der Waals surface area contributed by atoms with Crippen LogP contribution in [0.5, 0.6) is 17.2 Å². The molecule has 0 aliphatic rings. The summed E-state index contributed by atoms with van der Waals surface area (Å²) in [6, 6.07) is 14.7. The largest absolute Gasteiger partial charge is 0.505 e. The topological polar surface area (TPSA) is 76.5 Å². The third-order valence-electron chi connectivity index (χ3n) is 5.25. The van der Waals surface area contributed by atoms with Gasteiger partial charge in [-0.1, -0.05) is 29.8 Å². The van der Waals surface area contributed by atoms with Crippen molar-refractivity contribution in [1.82, 2.24) is 9.97 Å². The van der Waals surface area contributed by atoms with Gasteiger partial charge in [0, 0.05) is 23.3 Å². The van der Waals surface area contributed by atoms with Crippen LogP contribution in [0.15, 0.2) is 60.9 Å². The van der Waals surface area contributed by atoms with Crippen molar-refractivity contribution in [2.24, 2.45) is 0 Å². The van der Waals surface area contributed by atoms with E-state index in [2.05, 4.69) is 15.3 Å². The van der Waals surface area contributed by atoms with Gasteiger partial charge in [0.25, 0.3) is 0 Å². The molecule has 2 aromatic carbocycles. The molecule has 0 saturated heterocycles. The Morgan fingerprint density at radius 1 is 1.00 bits per heavy atom. The smallest absolute Gasteiger partial charge is 0.179 e. The Bertz CT molecular complexity index is 1280. The van der Waals surface area contributed by atoms with E-state index in [1.54, 1.807) is 12.4 Å². The molecule has 6 nitrogen and oxygen atoms in total. The second-order valence-corrected chi connectivity index (χ2v) is 7.98. The molecule has 4 rings (SSSR count). The van der Waals surface area contributed by atoms with Crippen molar-refractivity contribution in [3.8, 4) is 17.2 Å². The van der Waals surface area contributed by atoms with E-state index in [1.165, 1.54) is 0 Å². The zero-order chi connectivity index (χ0) is 23.4. The van der Waals surface area contributed by atoms with E-state index >= 15 is 0 Å². The summed E-state index contributed by atoms with van der Waals surface area (Å²) in [4.78, 5) is 8.83. The third kappa shape index (κ3) is 4.81. The van der Waals surface area contributed by atoms with Crippen LogP contribution in [0.3, 0.4) is 0 Å². The minimum absolute atomic E-state index is 0.0984. The summed E-state index contributed by atoms with van der Waals surface area (Å²) >= 11 is 6.62. The molecule has 4 aromatic rings. The number of anilines is 1. The number of phenolic OH excluding ortho intramolecular Hbond substituents is 1. The van der Waals surface area contributed by atoms with Crippen molar-refractivity contribution >= 4 is 28.3 Å². The summed E-state index contributed by atoms with van der Waals surface area (Å²) in [7, 11) is 0. The molecular weight excluding hydrogens is 438 g/mol. The van der Waals surface area contributed by atoms with Gasteiger partial charge in [-0.3, -0.25) is 4.98 Å². The molecule has 0 fully saturated rings. The molecule has 1 unspecified atom stereocenters. The number of fused-ring (bicyclic) bond motifs is 1. The predicted molar refractivity (Wildman–Crippen MR) is 132 cm³/mol. The van der Waals surface area contributed by atoms with Crippen LogP contribution in [-0.4, -0.2) is 28.3 Å². The van der Waals surface area contributed by atoms with Gasteiger partial charge >= 0.3 is 0 Å². The number of pyridine rings is 2. The fraction of sp³-hybridized carbons (Fsp3) is 0.231. The molecule has 2 N–H and O–H groups in total. The molecule has 0 saturated carbocycles. The molecule has 0 bridgehead atoms. The van der Waals surface area contributed by atoms with Crippen molar-refractivity contribution in [3.05, 3.63) is 82.6 Å². The molecule has 0 radical (unpaired) electrons. The normalized spacial score (nSPS) is 11.9. The average molecular weight is 464 g/mol. The SMILES string of the molecule is CCOc1cc(C(Nc2cc(C)ccn2)c2ccc3cccnc3c2O)cc(Cl)c1OCC. The van der Waals surface area contributed by atoms with Gasteiger partial charge in [0.05, 0.1) is 24.3 Å². The summed E-state index contributed by atoms with van der Waals surface area (Å²) in [6.07, 6.45) is 3.41. The highest BCUT2D eigenvalue weighted by Crippen LogP contribution is 2.42. The Balaban J connectivity index is 1.89. The van der Waals surface area contributed by atoms with Crippen LogP contribution < -0.4 is 14.8 Å². The maximum Gasteiger partial charge on any atom is 0.179 e. The van der Waals surface area contributed by atoms with Gasteiger partial charge in [-0.25, -0.2) is 4.98 Å². The monoisotopic (exact) mass is 463 g/mol. The molecule has 2 heterocycles.